The van der Waals surface area contributed by atoms with E-state index >= 15 is 0 Å². The van der Waals surface area contributed by atoms with Gasteiger partial charge in [0, 0.05) is 23.3 Å². The van der Waals surface area contributed by atoms with E-state index in [1.165, 1.54) is 168 Å². The lowest BCUT2D eigenvalue weighted by Crippen LogP contribution is -2.07. The van der Waals surface area contributed by atoms with E-state index in [4.69, 9.17) is 0 Å². The molecular formula is C72H94N2. The van der Waals surface area contributed by atoms with Crippen molar-refractivity contribution in [3.63, 3.8) is 0 Å². The summed E-state index contributed by atoms with van der Waals surface area (Å²) in [7, 11) is 0. The van der Waals surface area contributed by atoms with Gasteiger partial charge in [0.05, 0.1) is 0 Å². The molecule has 0 unspecified atom stereocenters. The zero-order valence-corrected chi connectivity index (χ0v) is 50.0. The zero-order chi connectivity index (χ0) is 54.6. The summed E-state index contributed by atoms with van der Waals surface area (Å²) in [5, 5.41) is 5.46. The van der Waals surface area contributed by atoms with Crippen LogP contribution in [0.4, 0.5) is 0 Å². The van der Waals surface area contributed by atoms with Crippen LogP contribution in [0.1, 0.15) is 173 Å². The average Bonchev–Trinajstić information content (AvgIpc) is 3.40. The first kappa shape index (κ1) is 59.0. The van der Waals surface area contributed by atoms with Crippen molar-refractivity contribution in [2.75, 3.05) is 0 Å². The summed E-state index contributed by atoms with van der Waals surface area (Å²) in [5.41, 5.74) is 34.3. The molecule has 0 radical (unpaired) electrons. The van der Waals surface area contributed by atoms with Gasteiger partial charge in [0.1, 0.15) is 0 Å². The third-order valence-electron chi connectivity index (χ3n) is 17.4. The summed E-state index contributed by atoms with van der Waals surface area (Å²) in [5.74, 6) is 0. The largest absolute Gasteiger partial charge is 0.261 e. The molecule has 10 rings (SSSR count). The lowest BCUT2D eigenvalue weighted by molar-refractivity contribution is 0.680. The fraction of sp³-hybridized carbons (Fsp3) is 0.417. The molecule has 2 aromatic heterocycles. The van der Waals surface area contributed by atoms with Crippen molar-refractivity contribution < 1.29 is 0 Å². The number of hydrogen-bond acceptors (Lipinski definition) is 2. The number of aryl methyl sites for hydroxylation is 13. The number of nitrogens with zero attached hydrogens (tertiary/aromatic N) is 2. The Bertz CT molecular complexity index is 3030. The lowest BCUT2D eigenvalue weighted by Gasteiger charge is -2.21. The molecule has 0 bridgehead atoms. The molecule has 8 aromatic rings. The standard InChI is InChI=1S/2C13H18.2C13H14.2C10H15N/c4*1-9-8-12-6-4-5-7-13(12)11(3)10(9)2;1-5-10-6-11-9(4)7(2)8(10)3;1-5-10-6-7(2)8(3)9(4)11-10/h2*8H,4-7H2,1-3H3;2*4-8H,1-3H3;2*6H,5H2,1-4H3. The van der Waals surface area contributed by atoms with Crippen LogP contribution in [0.3, 0.4) is 0 Å². The summed E-state index contributed by atoms with van der Waals surface area (Å²) in [6.07, 6.45) is 14.9. The quantitative estimate of drug-likeness (QED) is 0.172. The van der Waals surface area contributed by atoms with Gasteiger partial charge in [0.25, 0.3) is 0 Å². The van der Waals surface area contributed by atoms with Crippen LogP contribution < -0.4 is 0 Å². The Kier molecular flexibility index (Phi) is 21.6. The molecule has 0 atom stereocenters. The summed E-state index contributed by atoms with van der Waals surface area (Å²) in [6.45, 7) is 43.7. The highest BCUT2D eigenvalue weighted by atomic mass is 14.7. The van der Waals surface area contributed by atoms with Gasteiger partial charge in [-0.2, -0.15) is 0 Å². The summed E-state index contributed by atoms with van der Waals surface area (Å²) in [4.78, 5) is 8.76. The molecule has 74 heavy (non-hydrogen) atoms. The molecule has 392 valence electrons. The first-order chi connectivity index (χ1) is 35.1. The summed E-state index contributed by atoms with van der Waals surface area (Å²) >= 11 is 0. The predicted molar refractivity (Wildman–Crippen MR) is 327 cm³/mol. The van der Waals surface area contributed by atoms with E-state index in [2.05, 4.69) is 227 Å². The van der Waals surface area contributed by atoms with Crippen LogP contribution in [0.5, 0.6) is 0 Å². The van der Waals surface area contributed by atoms with Crippen LogP contribution in [-0.4, -0.2) is 9.97 Å². The van der Waals surface area contributed by atoms with Crippen molar-refractivity contribution >= 4 is 21.5 Å². The van der Waals surface area contributed by atoms with Crippen molar-refractivity contribution in [1.82, 2.24) is 9.97 Å². The fourth-order valence-electron chi connectivity index (χ4n) is 10.8. The maximum Gasteiger partial charge on any atom is 0.0407 e. The van der Waals surface area contributed by atoms with Gasteiger partial charge in [0.15, 0.2) is 0 Å². The smallest absolute Gasteiger partial charge is 0.0407 e. The van der Waals surface area contributed by atoms with Crippen molar-refractivity contribution in [2.24, 2.45) is 0 Å². The summed E-state index contributed by atoms with van der Waals surface area (Å²) < 4.78 is 0. The molecule has 0 aliphatic heterocycles. The van der Waals surface area contributed by atoms with Crippen LogP contribution >= 0.6 is 0 Å². The molecule has 0 spiro atoms. The first-order valence-corrected chi connectivity index (χ1v) is 28.0. The lowest BCUT2D eigenvalue weighted by atomic mass is 9.85. The van der Waals surface area contributed by atoms with Crippen LogP contribution in [0.15, 0.2) is 85.1 Å². The van der Waals surface area contributed by atoms with E-state index in [1.54, 1.807) is 33.4 Å². The SMILES string of the molecule is CCc1cc(C)c(C)c(C)n1.CCc1cnc(C)c(C)c1C.Cc1cc2c(c(C)c1C)CCCC2.Cc1cc2c(c(C)c1C)CCCC2.Cc1cc2ccccc2c(C)c1C.Cc1cc2ccccc2c(C)c1C. The number of hydrogen-bond donors (Lipinski definition) is 0. The fourth-order valence-corrected chi connectivity index (χ4v) is 10.8. The summed E-state index contributed by atoms with van der Waals surface area (Å²) in [6, 6.07) is 28.6. The normalized spacial score (nSPS) is 12.3. The Morgan fingerprint density at radius 1 is 0.351 bits per heavy atom. The zero-order valence-electron chi connectivity index (χ0n) is 50.0. The monoisotopic (exact) mass is 987 g/mol. The van der Waals surface area contributed by atoms with Gasteiger partial charge < -0.3 is 0 Å². The van der Waals surface area contributed by atoms with Crippen molar-refractivity contribution in [2.45, 2.75) is 203 Å². The van der Waals surface area contributed by atoms with Crippen molar-refractivity contribution in [3.05, 3.63) is 219 Å². The molecule has 0 saturated heterocycles. The average molecular weight is 988 g/mol. The maximum atomic E-state index is 4.45. The van der Waals surface area contributed by atoms with Gasteiger partial charge in [0.2, 0.25) is 0 Å². The minimum absolute atomic E-state index is 1.03. The Morgan fingerprint density at radius 2 is 0.743 bits per heavy atom. The minimum Gasteiger partial charge on any atom is -0.261 e. The molecule has 0 amide bonds. The highest BCUT2D eigenvalue weighted by molar-refractivity contribution is 5.88. The highest BCUT2D eigenvalue weighted by Crippen LogP contribution is 2.30. The topological polar surface area (TPSA) is 25.8 Å². The number of rotatable bonds is 2. The molecule has 2 heteroatoms. The predicted octanol–water partition coefficient (Wildman–Crippen LogP) is 19.6. The van der Waals surface area contributed by atoms with Gasteiger partial charge >= 0.3 is 0 Å². The minimum atomic E-state index is 1.03. The van der Waals surface area contributed by atoms with Crippen molar-refractivity contribution in [3.8, 4) is 0 Å². The van der Waals surface area contributed by atoms with Gasteiger partial charge in [-0.05, 0) is 333 Å². The van der Waals surface area contributed by atoms with Crippen LogP contribution in [-0.2, 0) is 38.5 Å². The Hall–Kier alpha value is -5.86. The van der Waals surface area contributed by atoms with E-state index in [-0.39, 0.29) is 0 Å². The molecule has 2 heterocycles. The van der Waals surface area contributed by atoms with Crippen molar-refractivity contribution in [1.29, 1.82) is 0 Å². The Labute approximate surface area is 450 Å². The number of fused-ring (bicyclic) bond motifs is 4. The molecule has 2 aliphatic carbocycles. The third kappa shape index (κ3) is 14.5. The first-order valence-electron chi connectivity index (χ1n) is 28.0. The molecule has 0 saturated carbocycles. The second-order valence-electron chi connectivity index (χ2n) is 21.9. The third-order valence-corrected chi connectivity index (χ3v) is 17.4. The highest BCUT2D eigenvalue weighted by Gasteiger charge is 2.15. The maximum absolute atomic E-state index is 4.45. The second kappa shape index (κ2) is 27.1. The van der Waals surface area contributed by atoms with Crippen LogP contribution in [0, 0.1) is 125 Å². The molecule has 2 aliphatic rings. The number of benzene rings is 6. The Balaban J connectivity index is 0.000000165. The van der Waals surface area contributed by atoms with Crippen LogP contribution in [0.25, 0.3) is 21.5 Å². The molecule has 6 aromatic carbocycles. The van der Waals surface area contributed by atoms with Gasteiger partial charge in [-0.1, -0.05) is 86.6 Å². The number of aromatic nitrogens is 2. The van der Waals surface area contributed by atoms with E-state index in [1.807, 2.05) is 6.20 Å². The second-order valence-corrected chi connectivity index (χ2v) is 21.9. The van der Waals surface area contributed by atoms with E-state index in [0.29, 0.717) is 0 Å². The molecular weight excluding hydrogens is 893 g/mol. The van der Waals surface area contributed by atoms with E-state index in [0.717, 1.165) is 18.5 Å². The Morgan fingerprint density at radius 3 is 1.16 bits per heavy atom. The van der Waals surface area contributed by atoms with E-state index in [9.17, 15) is 0 Å². The molecule has 2 nitrogen and oxygen atoms in total. The van der Waals surface area contributed by atoms with Crippen LogP contribution in [0.2, 0.25) is 0 Å². The van der Waals surface area contributed by atoms with Gasteiger partial charge in [-0.25, -0.2) is 0 Å². The number of pyridine rings is 2. The van der Waals surface area contributed by atoms with Gasteiger partial charge in [-0.3, -0.25) is 9.97 Å². The van der Waals surface area contributed by atoms with Gasteiger partial charge in [-0.15, -0.1) is 0 Å². The molecule has 0 N–H and O–H groups in total. The molecule has 0 fully saturated rings. The van der Waals surface area contributed by atoms with E-state index < -0.39 is 0 Å².